The van der Waals surface area contributed by atoms with E-state index in [-0.39, 0.29) is 23.7 Å². The second kappa shape index (κ2) is 7.29. The zero-order valence-electron chi connectivity index (χ0n) is 14.7. The smallest absolute Gasteiger partial charge is 0.270 e. The summed E-state index contributed by atoms with van der Waals surface area (Å²) in [5.41, 5.74) is 1.17. The van der Waals surface area contributed by atoms with Crippen molar-refractivity contribution in [1.82, 2.24) is 30.6 Å². The summed E-state index contributed by atoms with van der Waals surface area (Å²) in [6.07, 6.45) is 1.12. The van der Waals surface area contributed by atoms with Crippen LogP contribution in [-0.4, -0.2) is 49.7 Å². The second-order valence-electron chi connectivity index (χ2n) is 6.53. The number of benzene rings is 1. The van der Waals surface area contributed by atoms with Gasteiger partial charge in [0.05, 0.1) is 0 Å². The van der Waals surface area contributed by atoms with Gasteiger partial charge >= 0.3 is 0 Å². The number of piperidine rings is 1. The lowest BCUT2D eigenvalue weighted by molar-refractivity contribution is -0.136. The fourth-order valence-electron chi connectivity index (χ4n) is 3.18. The van der Waals surface area contributed by atoms with Crippen LogP contribution >= 0.6 is 0 Å². The number of nitrogens with zero attached hydrogens (tertiary/aromatic N) is 4. The number of nitrogens with one attached hydrogen (secondary N) is 2. The molecule has 0 radical (unpaired) electrons. The van der Waals surface area contributed by atoms with Crippen molar-refractivity contribution in [3.63, 3.8) is 0 Å². The van der Waals surface area contributed by atoms with Crippen LogP contribution in [0.5, 0.6) is 0 Å². The van der Waals surface area contributed by atoms with Crippen molar-refractivity contribution in [3.8, 4) is 0 Å². The Hall–Kier alpha value is -3.43. The number of halogens is 2. The topological polar surface area (TPSA) is 104 Å². The van der Waals surface area contributed by atoms with Gasteiger partial charge < -0.3 is 10.2 Å². The molecule has 1 atom stereocenters. The van der Waals surface area contributed by atoms with Crippen LogP contribution in [-0.2, 0) is 11.3 Å². The van der Waals surface area contributed by atoms with Gasteiger partial charge in [0.15, 0.2) is 0 Å². The minimum atomic E-state index is -0.737. The first-order valence-electron chi connectivity index (χ1n) is 8.72. The molecular weight excluding hydrogens is 370 g/mol. The molecule has 3 heterocycles. The summed E-state index contributed by atoms with van der Waals surface area (Å²) >= 11 is 0. The molecule has 1 saturated heterocycles. The number of aromatic amines is 1. The molecule has 4 rings (SSSR count). The van der Waals surface area contributed by atoms with Crippen LogP contribution in [0.1, 0.15) is 28.9 Å². The lowest BCUT2D eigenvalue weighted by atomic mass is 10.0. The molecule has 0 aliphatic carbocycles. The van der Waals surface area contributed by atoms with Crippen molar-refractivity contribution in [2.75, 3.05) is 6.54 Å². The van der Waals surface area contributed by atoms with E-state index in [0.717, 1.165) is 12.1 Å². The first kappa shape index (κ1) is 18.0. The SMILES string of the molecule is O=C(NC1CCCN(Cc2ccc(F)cc2F)C1=O)c1ccc2n[nH]nc2n1. The van der Waals surface area contributed by atoms with Crippen LogP contribution in [0.2, 0.25) is 0 Å². The number of aromatic nitrogens is 4. The highest BCUT2D eigenvalue weighted by Gasteiger charge is 2.31. The number of hydrogen-bond acceptors (Lipinski definition) is 5. The Morgan fingerprint density at radius 1 is 1.25 bits per heavy atom. The number of likely N-dealkylation sites (tertiary alicyclic amines) is 1. The summed E-state index contributed by atoms with van der Waals surface area (Å²) in [7, 11) is 0. The fourth-order valence-corrected chi connectivity index (χ4v) is 3.18. The molecule has 2 N–H and O–H groups in total. The number of fused-ring (bicyclic) bond motifs is 1. The third kappa shape index (κ3) is 3.53. The first-order valence-corrected chi connectivity index (χ1v) is 8.72. The third-order valence-electron chi connectivity index (χ3n) is 4.63. The van der Waals surface area contributed by atoms with Crippen molar-refractivity contribution < 1.29 is 18.4 Å². The largest absolute Gasteiger partial charge is 0.339 e. The standard InChI is InChI=1S/C18H16F2N6O2/c19-11-4-3-10(12(20)8-11)9-26-7-1-2-15(18(26)28)22-17(27)14-6-5-13-16(21-14)24-25-23-13/h3-6,8,15H,1-2,7,9H2,(H,22,27)(H,21,23,24,25). The highest BCUT2D eigenvalue weighted by atomic mass is 19.1. The van der Waals surface area contributed by atoms with Gasteiger partial charge in [0.25, 0.3) is 5.91 Å². The Morgan fingerprint density at radius 2 is 2.11 bits per heavy atom. The van der Waals surface area contributed by atoms with Crippen molar-refractivity contribution in [3.05, 3.63) is 53.2 Å². The molecule has 1 aliphatic rings. The van der Waals surface area contributed by atoms with Crippen LogP contribution in [0.25, 0.3) is 11.2 Å². The number of H-pyrrole nitrogens is 1. The maximum Gasteiger partial charge on any atom is 0.270 e. The van der Waals surface area contributed by atoms with Gasteiger partial charge in [0, 0.05) is 24.7 Å². The minimum absolute atomic E-state index is 0.0144. The van der Waals surface area contributed by atoms with Crippen LogP contribution in [0.15, 0.2) is 30.3 Å². The number of hydrogen-bond donors (Lipinski definition) is 2. The Morgan fingerprint density at radius 3 is 2.93 bits per heavy atom. The molecule has 2 amide bonds. The summed E-state index contributed by atoms with van der Waals surface area (Å²) in [5, 5.41) is 12.8. The molecule has 0 saturated carbocycles. The van der Waals surface area contributed by atoms with E-state index in [1.165, 1.54) is 17.0 Å². The molecule has 1 fully saturated rings. The van der Waals surface area contributed by atoms with E-state index < -0.39 is 23.6 Å². The molecule has 2 aromatic heterocycles. The normalized spacial score (nSPS) is 17.1. The van der Waals surface area contributed by atoms with Gasteiger partial charge in [0.1, 0.15) is 28.9 Å². The molecule has 0 bridgehead atoms. The average molecular weight is 386 g/mol. The fraction of sp³-hybridized carbons (Fsp3) is 0.278. The number of carbonyl (C=O) groups is 2. The van der Waals surface area contributed by atoms with Gasteiger partial charge in [-0.1, -0.05) is 6.07 Å². The van der Waals surface area contributed by atoms with E-state index >= 15 is 0 Å². The number of carbonyl (C=O) groups excluding carboxylic acids is 2. The molecule has 1 unspecified atom stereocenters. The minimum Gasteiger partial charge on any atom is -0.339 e. The van der Waals surface area contributed by atoms with E-state index in [2.05, 4.69) is 25.7 Å². The summed E-state index contributed by atoms with van der Waals surface area (Å²) in [6, 6.07) is 5.62. The molecule has 3 aromatic rings. The van der Waals surface area contributed by atoms with Crippen molar-refractivity contribution in [2.45, 2.75) is 25.4 Å². The van der Waals surface area contributed by atoms with E-state index in [9.17, 15) is 18.4 Å². The number of amides is 2. The molecule has 1 aliphatic heterocycles. The predicted molar refractivity (Wildman–Crippen MR) is 93.9 cm³/mol. The molecule has 10 heteroatoms. The number of rotatable bonds is 4. The lowest BCUT2D eigenvalue weighted by Crippen LogP contribution is -2.52. The monoisotopic (exact) mass is 386 g/mol. The van der Waals surface area contributed by atoms with Gasteiger partial charge in [-0.15, -0.1) is 5.10 Å². The summed E-state index contributed by atoms with van der Waals surface area (Å²) < 4.78 is 27.0. The summed E-state index contributed by atoms with van der Waals surface area (Å²) in [6.45, 7) is 0.450. The van der Waals surface area contributed by atoms with Gasteiger partial charge in [0.2, 0.25) is 11.6 Å². The highest BCUT2D eigenvalue weighted by molar-refractivity contribution is 5.97. The molecule has 28 heavy (non-hydrogen) atoms. The summed E-state index contributed by atoms with van der Waals surface area (Å²) in [4.78, 5) is 30.8. The number of pyridine rings is 1. The Kier molecular flexibility index (Phi) is 4.68. The lowest BCUT2D eigenvalue weighted by Gasteiger charge is -2.32. The van der Waals surface area contributed by atoms with Gasteiger partial charge in [-0.05, 0) is 31.0 Å². The van der Waals surface area contributed by atoms with Gasteiger partial charge in [-0.25, -0.2) is 13.8 Å². The van der Waals surface area contributed by atoms with Crippen molar-refractivity contribution in [2.24, 2.45) is 0 Å². The average Bonchev–Trinajstić information content (AvgIpc) is 3.14. The molecule has 1 aromatic carbocycles. The third-order valence-corrected chi connectivity index (χ3v) is 4.63. The van der Waals surface area contributed by atoms with Crippen molar-refractivity contribution in [1.29, 1.82) is 0 Å². The van der Waals surface area contributed by atoms with E-state index in [4.69, 9.17) is 0 Å². The maximum atomic E-state index is 13.9. The van der Waals surface area contributed by atoms with Crippen LogP contribution in [0.3, 0.4) is 0 Å². The molecule has 8 nitrogen and oxygen atoms in total. The zero-order valence-corrected chi connectivity index (χ0v) is 14.7. The molecule has 0 spiro atoms. The molecular formula is C18H16F2N6O2. The Labute approximate surface area is 157 Å². The Balaban J connectivity index is 1.45. The Bertz CT molecular complexity index is 1050. The highest BCUT2D eigenvalue weighted by Crippen LogP contribution is 2.18. The molecule has 144 valence electrons. The van der Waals surface area contributed by atoms with Gasteiger partial charge in [-0.3, -0.25) is 9.59 Å². The predicted octanol–water partition coefficient (Wildman–Crippen LogP) is 1.55. The second-order valence-corrected chi connectivity index (χ2v) is 6.53. The van der Waals surface area contributed by atoms with Gasteiger partial charge in [-0.2, -0.15) is 10.3 Å². The van der Waals surface area contributed by atoms with Crippen LogP contribution in [0, 0.1) is 11.6 Å². The van der Waals surface area contributed by atoms with E-state index in [0.29, 0.717) is 30.6 Å². The van der Waals surface area contributed by atoms with Crippen LogP contribution in [0.4, 0.5) is 8.78 Å². The summed E-state index contributed by atoms with van der Waals surface area (Å²) in [5.74, 6) is -2.19. The van der Waals surface area contributed by atoms with Crippen LogP contribution < -0.4 is 5.32 Å². The quantitative estimate of drug-likeness (QED) is 0.708. The van der Waals surface area contributed by atoms with E-state index in [1.807, 2.05) is 0 Å². The maximum absolute atomic E-state index is 13.9. The van der Waals surface area contributed by atoms with E-state index in [1.54, 1.807) is 6.07 Å². The van der Waals surface area contributed by atoms with Crippen molar-refractivity contribution >= 4 is 23.0 Å². The zero-order chi connectivity index (χ0) is 19.7. The first-order chi connectivity index (χ1) is 13.5.